The van der Waals surface area contributed by atoms with Crippen LogP contribution in [0.25, 0.3) is 0 Å². The summed E-state index contributed by atoms with van der Waals surface area (Å²) in [6.07, 6.45) is 1.05. The first kappa shape index (κ1) is 7.31. The largest absolute Gasteiger partial charge is 0.242 e. The molecule has 0 unspecified atom stereocenters. The highest BCUT2D eigenvalue weighted by molar-refractivity contribution is 7.88. The lowest BCUT2D eigenvalue weighted by Gasteiger charge is -1.87. The molecule has 0 saturated carbocycles. The minimum atomic E-state index is -3.11. The van der Waals surface area contributed by atoms with Crippen LogP contribution in [-0.2, 0) is 10.0 Å². The Morgan fingerprint density at radius 3 is 2.12 bits per heavy atom. The van der Waals surface area contributed by atoms with E-state index in [2.05, 4.69) is 12.0 Å². The molecule has 0 aliphatic rings. The molecule has 0 aromatic carbocycles. The minimum Gasteiger partial charge on any atom is -0.242 e. The van der Waals surface area contributed by atoms with Gasteiger partial charge in [-0.25, -0.2) is 13.1 Å². The van der Waals surface area contributed by atoms with E-state index in [1.54, 1.807) is 6.92 Å². The van der Waals surface area contributed by atoms with Gasteiger partial charge in [-0.15, -0.1) is 0 Å². The fourth-order valence-electron chi connectivity index (χ4n) is 0.144. The second-order valence-corrected chi connectivity index (χ2v) is 3.00. The van der Waals surface area contributed by atoms with Crippen LogP contribution >= 0.6 is 0 Å². The monoisotopic (exact) mass is 133 g/mol. The number of hydrogen-bond donors (Lipinski definition) is 1. The maximum Gasteiger partial charge on any atom is 0.236 e. The number of nitrogens with one attached hydrogen (secondary N) is 1. The van der Waals surface area contributed by atoms with Crippen molar-refractivity contribution in [3.63, 3.8) is 0 Å². The highest BCUT2D eigenvalue weighted by Gasteiger charge is 1.90. The molecule has 3 nitrogen and oxygen atoms in total. The molecule has 1 N–H and O–H groups in total. The van der Waals surface area contributed by atoms with Crippen molar-refractivity contribution in [2.75, 3.05) is 6.26 Å². The third-order valence-corrected chi connectivity index (χ3v) is 0.834. The average molecular weight is 133 g/mol. The quantitative estimate of drug-likeness (QED) is 0.388. The Hall–Kier alpha value is -0.690. The maximum atomic E-state index is 10.2. The van der Waals surface area contributed by atoms with Gasteiger partial charge in [-0.1, -0.05) is 5.92 Å². The Morgan fingerprint density at radius 2 is 2.00 bits per heavy atom. The molecule has 0 bridgehead atoms. The van der Waals surface area contributed by atoms with E-state index in [0.29, 0.717) is 0 Å². The summed E-state index contributed by atoms with van der Waals surface area (Å²) >= 11 is 0. The number of rotatable bonds is 1. The second-order valence-electron chi connectivity index (χ2n) is 1.25. The molecule has 8 heavy (non-hydrogen) atoms. The third-order valence-electron chi connectivity index (χ3n) is 0.361. The summed E-state index contributed by atoms with van der Waals surface area (Å²) in [7, 11) is -3.11. The van der Waals surface area contributed by atoms with Crippen LogP contribution in [0, 0.1) is 12.0 Å². The number of hydrogen-bond acceptors (Lipinski definition) is 2. The van der Waals surface area contributed by atoms with Gasteiger partial charge in [0.2, 0.25) is 10.0 Å². The summed E-state index contributed by atoms with van der Waals surface area (Å²) < 4.78 is 22.3. The van der Waals surface area contributed by atoms with Gasteiger partial charge in [0, 0.05) is 6.04 Å². The van der Waals surface area contributed by atoms with E-state index in [1.807, 2.05) is 4.72 Å². The first-order chi connectivity index (χ1) is 3.56. The average Bonchev–Trinajstić information content (AvgIpc) is 1.59. The second kappa shape index (κ2) is 2.58. The van der Waals surface area contributed by atoms with Crippen LogP contribution in [0.4, 0.5) is 0 Å². The zero-order valence-electron chi connectivity index (χ0n) is 4.72. The Morgan fingerprint density at radius 1 is 1.50 bits per heavy atom. The molecule has 0 fully saturated rings. The van der Waals surface area contributed by atoms with Crippen molar-refractivity contribution in [1.29, 1.82) is 0 Å². The Kier molecular flexibility index (Phi) is 2.35. The van der Waals surface area contributed by atoms with Crippen LogP contribution in [0.3, 0.4) is 0 Å². The van der Waals surface area contributed by atoms with Crippen molar-refractivity contribution in [3.8, 4) is 12.0 Å². The van der Waals surface area contributed by atoms with Crippen molar-refractivity contribution >= 4 is 10.0 Å². The Labute approximate surface area is 49.1 Å². The van der Waals surface area contributed by atoms with Gasteiger partial charge in [0.1, 0.15) is 0 Å². The van der Waals surface area contributed by atoms with Crippen LogP contribution in [0.15, 0.2) is 0 Å². The van der Waals surface area contributed by atoms with Gasteiger partial charge >= 0.3 is 0 Å². The molecular weight excluding hydrogens is 126 g/mol. The normalized spacial score (nSPS) is 9.25. The molecule has 46 valence electrons. The summed E-state index contributed by atoms with van der Waals surface area (Å²) in [5.41, 5.74) is 0. The molecule has 0 radical (unpaired) electrons. The molecule has 0 spiro atoms. The molecule has 0 amide bonds. The minimum absolute atomic E-state index is 1.05. The zero-order chi connectivity index (χ0) is 6.62. The van der Waals surface area contributed by atoms with E-state index < -0.39 is 10.0 Å². The molecule has 0 aromatic heterocycles. The van der Waals surface area contributed by atoms with E-state index in [4.69, 9.17) is 0 Å². The van der Waals surface area contributed by atoms with Crippen LogP contribution in [0.5, 0.6) is 0 Å². The highest BCUT2D eigenvalue weighted by atomic mass is 32.2. The molecule has 0 heterocycles. The van der Waals surface area contributed by atoms with Crippen LogP contribution in [-0.4, -0.2) is 14.7 Å². The molecule has 0 aliphatic heterocycles. The molecule has 4 heteroatoms. The van der Waals surface area contributed by atoms with E-state index >= 15 is 0 Å². The smallest absolute Gasteiger partial charge is 0.236 e. The van der Waals surface area contributed by atoms with Crippen LogP contribution in [0.2, 0.25) is 0 Å². The summed E-state index contributed by atoms with van der Waals surface area (Å²) in [5.74, 6) is 2.38. The third kappa shape index (κ3) is 5.31. The molecule has 0 atom stereocenters. The summed E-state index contributed by atoms with van der Waals surface area (Å²) in [4.78, 5) is 0. The summed E-state index contributed by atoms with van der Waals surface area (Å²) in [6, 6.07) is 2.20. The van der Waals surface area contributed by atoms with E-state index in [-0.39, 0.29) is 0 Å². The van der Waals surface area contributed by atoms with Crippen molar-refractivity contribution in [3.05, 3.63) is 0 Å². The van der Waals surface area contributed by atoms with Gasteiger partial charge in [0.05, 0.1) is 6.26 Å². The molecule has 0 saturated heterocycles. The first-order valence-corrected chi connectivity index (χ1v) is 3.84. The Balaban J connectivity index is 3.89. The van der Waals surface area contributed by atoms with Gasteiger partial charge < -0.3 is 0 Å². The molecule has 0 rings (SSSR count). The number of sulfonamides is 1. The fourth-order valence-corrected chi connectivity index (χ4v) is 0.431. The van der Waals surface area contributed by atoms with Gasteiger partial charge in [0.15, 0.2) is 0 Å². The molecule has 0 aliphatic carbocycles. The van der Waals surface area contributed by atoms with Gasteiger partial charge in [0.25, 0.3) is 0 Å². The first-order valence-electron chi connectivity index (χ1n) is 1.95. The van der Waals surface area contributed by atoms with E-state index in [9.17, 15) is 8.42 Å². The van der Waals surface area contributed by atoms with Crippen LogP contribution in [0.1, 0.15) is 6.92 Å². The fraction of sp³-hybridized carbons (Fsp3) is 0.500. The zero-order valence-corrected chi connectivity index (χ0v) is 5.54. The van der Waals surface area contributed by atoms with Crippen molar-refractivity contribution < 1.29 is 8.42 Å². The summed E-state index contributed by atoms with van der Waals surface area (Å²) in [5, 5.41) is 0. The van der Waals surface area contributed by atoms with Gasteiger partial charge in [-0.2, -0.15) is 0 Å². The van der Waals surface area contributed by atoms with E-state index in [0.717, 1.165) is 6.26 Å². The topological polar surface area (TPSA) is 46.2 Å². The van der Waals surface area contributed by atoms with E-state index in [1.165, 1.54) is 0 Å². The lowest BCUT2D eigenvalue weighted by Crippen LogP contribution is -2.15. The van der Waals surface area contributed by atoms with Crippen molar-refractivity contribution in [2.24, 2.45) is 0 Å². The van der Waals surface area contributed by atoms with Crippen molar-refractivity contribution in [1.82, 2.24) is 4.72 Å². The Bertz CT molecular complexity index is 206. The SMILES string of the molecule is CC#CNS(C)(=O)=O. The highest BCUT2D eigenvalue weighted by Crippen LogP contribution is 1.66. The predicted octanol–water partition coefficient (Wildman–Crippen LogP) is -0.484. The van der Waals surface area contributed by atoms with Crippen molar-refractivity contribution in [2.45, 2.75) is 6.92 Å². The standard InChI is InChI=1S/C4H7NO2S/c1-3-4-5-8(2,6)7/h5H,1-2H3. The lowest BCUT2D eigenvalue weighted by atomic mass is 10.8. The van der Waals surface area contributed by atoms with Gasteiger partial charge in [-0.3, -0.25) is 0 Å². The van der Waals surface area contributed by atoms with Gasteiger partial charge in [-0.05, 0) is 6.92 Å². The molecule has 0 aromatic rings. The maximum absolute atomic E-state index is 10.2. The molecular formula is C4H7NO2S. The predicted molar refractivity (Wildman–Crippen MR) is 31.4 cm³/mol. The lowest BCUT2D eigenvalue weighted by molar-refractivity contribution is 0.597. The van der Waals surface area contributed by atoms with Crippen LogP contribution < -0.4 is 4.72 Å². The summed E-state index contributed by atoms with van der Waals surface area (Å²) in [6.45, 7) is 1.55.